The van der Waals surface area contributed by atoms with E-state index in [0.717, 1.165) is 11.1 Å². The second-order valence-electron chi connectivity index (χ2n) is 10.5. The smallest absolute Gasteiger partial charge is 0.437 e. The number of halogens is 1. The van der Waals surface area contributed by atoms with E-state index in [1.54, 1.807) is 72.7 Å². The fourth-order valence-corrected chi connectivity index (χ4v) is 3.40. The van der Waals surface area contributed by atoms with Crippen LogP contribution in [0.4, 0.5) is 14.4 Å². The highest BCUT2D eigenvalue weighted by Gasteiger charge is 2.35. The number of hydrogen-bond donors (Lipinski definition) is 0. The van der Waals surface area contributed by atoms with Crippen LogP contribution in [0.3, 0.4) is 0 Å². The lowest BCUT2D eigenvalue weighted by Gasteiger charge is -2.42. The monoisotopic (exact) mass is 509 g/mol. The molecule has 1 heterocycles. The average Bonchev–Trinajstić information content (AvgIpc) is 2.68. The van der Waals surface area contributed by atoms with Crippen LogP contribution in [0.5, 0.6) is 0 Å². The Morgan fingerprint density at radius 1 is 1.03 bits per heavy atom. The Morgan fingerprint density at radius 3 is 2.06 bits per heavy atom. The van der Waals surface area contributed by atoms with E-state index in [1.807, 2.05) is 13.0 Å². The van der Waals surface area contributed by atoms with Crippen molar-refractivity contribution in [1.82, 2.24) is 19.6 Å². The lowest BCUT2D eigenvalue weighted by Crippen LogP contribution is -2.60. The SMILES string of the molecule is Cc1cc(CN(C(=O)OC(C)(C)C)/C(=N/C(=O)OC(C)(C)C)N2CN(C)C(=O)N(C)C2)ccc1Cl. The molecule has 0 aliphatic carbocycles. The summed E-state index contributed by atoms with van der Waals surface area (Å²) in [6, 6.07) is 5.18. The minimum Gasteiger partial charge on any atom is -0.443 e. The topological polar surface area (TPSA) is 95.0 Å². The van der Waals surface area contributed by atoms with Crippen LogP contribution in [0.1, 0.15) is 52.7 Å². The molecule has 0 radical (unpaired) electrons. The van der Waals surface area contributed by atoms with E-state index < -0.39 is 23.4 Å². The van der Waals surface area contributed by atoms with Gasteiger partial charge in [0.05, 0.1) is 19.9 Å². The van der Waals surface area contributed by atoms with Crippen molar-refractivity contribution in [3.8, 4) is 0 Å². The molecule has 35 heavy (non-hydrogen) atoms. The number of nitrogens with zero attached hydrogens (tertiary/aromatic N) is 5. The fourth-order valence-electron chi connectivity index (χ4n) is 3.29. The highest BCUT2D eigenvalue weighted by molar-refractivity contribution is 6.31. The van der Waals surface area contributed by atoms with E-state index in [4.69, 9.17) is 21.1 Å². The Labute approximate surface area is 212 Å². The first kappa shape index (κ1) is 28.2. The van der Waals surface area contributed by atoms with Gasteiger partial charge >= 0.3 is 18.2 Å². The first-order valence-corrected chi connectivity index (χ1v) is 11.6. The van der Waals surface area contributed by atoms with E-state index in [0.29, 0.717) is 5.02 Å². The Hall–Kier alpha value is -3.01. The van der Waals surface area contributed by atoms with Gasteiger partial charge in [0.25, 0.3) is 0 Å². The van der Waals surface area contributed by atoms with Gasteiger partial charge < -0.3 is 24.2 Å². The quantitative estimate of drug-likeness (QED) is 0.416. The van der Waals surface area contributed by atoms with Crippen LogP contribution in [0.15, 0.2) is 23.2 Å². The number of carbonyl (C=O) groups excluding carboxylic acids is 3. The lowest BCUT2D eigenvalue weighted by atomic mass is 10.1. The molecule has 1 aromatic carbocycles. The molecular formula is C24H36ClN5O5. The number of guanidine groups is 1. The number of benzene rings is 1. The molecule has 0 saturated carbocycles. The Balaban J connectivity index is 2.59. The van der Waals surface area contributed by atoms with Crippen molar-refractivity contribution >= 4 is 35.8 Å². The van der Waals surface area contributed by atoms with Crippen molar-refractivity contribution in [3.05, 3.63) is 34.3 Å². The highest BCUT2D eigenvalue weighted by Crippen LogP contribution is 2.21. The maximum Gasteiger partial charge on any atom is 0.437 e. The highest BCUT2D eigenvalue weighted by atomic mass is 35.5. The summed E-state index contributed by atoms with van der Waals surface area (Å²) in [6.45, 7) is 12.5. The molecule has 2 rings (SSSR count). The summed E-state index contributed by atoms with van der Waals surface area (Å²) in [5.41, 5.74) is 0.000883. The van der Waals surface area contributed by atoms with Crippen LogP contribution in [-0.2, 0) is 16.0 Å². The van der Waals surface area contributed by atoms with Gasteiger partial charge in [-0.05, 0) is 65.7 Å². The second-order valence-corrected chi connectivity index (χ2v) is 11.0. The third kappa shape index (κ3) is 8.31. The number of carbonyl (C=O) groups is 3. The molecule has 0 atom stereocenters. The molecule has 194 valence electrons. The normalized spacial score (nSPS) is 15.3. The molecule has 0 spiro atoms. The van der Waals surface area contributed by atoms with Crippen LogP contribution in [0, 0.1) is 6.92 Å². The van der Waals surface area contributed by atoms with E-state index in [1.165, 1.54) is 14.7 Å². The van der Waals surface area contributed by atoms with Gasteiger partial charge in [-0.25, -0.2) is 19.3 Å². The summed E-state index contributed by atoms with van der Waals surface area (Å²) in [6.07, 6.45) is -1.56. The summed E-state index contributed by atoms with van der Waals surface area (Å²) in [7, 11) is 3.24. The van der Waals surface area contributed by atoms with E-state index >= 15 is 0 Å². The number of rotatable bonds is 2. The number of aliphatic imine (C=N–C) groups is 1. The summed E-state index contributed by atoms with van der Waals surface area (Å²) >= 11 is 6.19. The Kier molecular flexibility index (Phi) is 8.65. The largest absolute Gasteiger partial charge is 0.443 e. The van der Waals surface area contributed by atoms with Gasteiger partial charge in [0.15, 0.2) is 0 Å². The molecule has 0 aromatic heterocycles. The molecule has 1 aromatic rings. The van der Waals surface area contributed by atoms with Crippen LogP contribution in [0.25, 0.3) is 0 Å². The Morgan fingerprint density at radius 2 is 1.57 bits per heavy atom. The van der Waals surface area contributed by atoms with Crippen molar-refractivity contribution in [2.45, 2.75) is 66.2 Å². The number of ether oxygens (including phenoxy) is 2. The van der Waals surface area contributed by atoms with Gasteiger partial charge in [0, 0.05) is 19.1 Å². The van der Waals surface area contributed by atoms with Crippen LogP contribution in [0.2, 0.25) is 5.02 Å². The molecule has 1 fully saturated rings. The molecular weight excluding hydrogens is 474 g/mol. The molecule has 1 aliphatic rings. The molecule has 11 heteroatoms. The van der Waals surface area contributed by atoms with Gasteiger partial charge in [-0.15, -0.1) is 4.99 Å². The zero-order valence-electron chi connectivity index (χ0n) is 22.0. The van der Waals surface area contributed by atoms with Gasteiger partial charge in [-0.1, -0.05) is 23.7 Å². The van der Waals surface area contributed by atoms with Crippen molar-refractivity contribution in [2.75, 3.05) is 27.4 Å². The third-order valence-electron chi connectivity index (χ3n) is 4.70. The van der Waals surface area contributed by atoms with Crippen molar-refractivity contribution in [2.24, 2.45) is 4.99 Å². The van der Waals surface area contributed by atoms with E-state index in [-0.39, 0.29) is 31.9 Å². The predicted molar refractivity (Wildman–Crippen MR) is 134 cm³/mol. The summed E-state index contributed by atoms with van der Waals surface area (Å²) < 4.78 is 11.1. The van der Waals surface area contributed by atoms with E-state index in [9.17, 15) is 14.4 Å². The molecule has 0 N–H and O–H groups in total. The van der Waals surface area contributed by atoms with Gasteiger partial charge in [-0.3, -0.25) is 0 Å². The number of aryl methyl sites for hydroxylation is 1. The summed E-state index contributed by atoms with van der Waals surface area (Å²) in [4.78, 5) is 48.5. The van der Waals surface area contributed by atoms with Crippen molar-refractivity contribution in [1.29, 1.82) is 0 Å². The molecule has 4 amide bonds. The second kappa shape index (κ2) is 10.7. The average molecular weight is 510 g/mol. The molecule has 1 saturated heterocycles. The van der Waals surface area contributed by atoms with Gasteiger partial charge in [0.2, 0.25) is 5.96 Å². The fraction of sp³-hybridized carbons (Fsp3) is 0.583. The van der Waals surface area contributed by atoms with Gasteiger partial charge in [0.1, 0.15) is 11.2 Å². The number of amides is 4. The lowest BCUT2D eigenvalue weighted by molar-refractivity contribution is 0.0300. The van der Waals surface area contributed by atoms with Gasteiger partial charge in [-0.2, -0.15) is 0 Å². The third-order valence-corrected chi connectivity index (χ3v) is 5.13. The molecule has 0 bridgehead atoms. The van der Waals surface area contributed by atoms with Crippen LogP contribution in [-0.4, -0.2) is 82.4 Å². The van der Waals surface area contributed by atoms with Crippen LogP contribution >= 0.6 is 11.6 Å². The molecule has 0 unspecified atom stereocenters. The maximum atomic E-state index is 13.4. The predicted octanol–water partition coefficient (Wildman–Crippen LogP) is 4.89. The Bertz CT molecular complexity index is 985. The summed E-state index contributed by atoms with van der Waals surface area (Å²) in [5.74, 6) is 0.00676. The van der Waals surface area contributed by atoms with Crippen LogP contribution < -0.4 is 0 Å². The maximum absolute atomic E-state index is 13.4. The van der Waals surface area contributed by atoms with E-state index in [2.05, 4.69) is 4.99 Å². The zero-order valence-corrected chi connectivity index (χ0v) is 22.8. The van der Waals surface area contributed by atoms with Crippen molar-refractivity contribution in [3.63, 3.8) is 0 Å². The zero-order chi connectivity index (χ0) is 26.7. The summed E-state index contributed by atoms with van der Waals surface area (Å²) in [5, 5.41) is 0.595. The standard InChI is InChI=1S/C24H36ClN5O5/c1-16-12-17(10-11-18(16)25)13-30(22(33)35-24(5,6)7)19(26-20(31)34-23(2,3)4)29-14-27(8)21(32)28(9)15-29/h10-12H,13-15H2,1-9H3/b26-19+. The first-order chi connectivity index (χ1) is 16.0. The first-order valence-electron chi connectivity index (χ1n) is 11.3. The van der Waals surface area contributed by atoms with Crippen molar-refractivity contribution < 1.29 is 23.9 Å². The minimum absolute atomic E-state index is 0.00676. The number of hydrogen-bond acceptors (Lipinski definition) is 5. The molecule has 10 nitrogen and oxygen atoms in total. The minimum atomic E-state index is -0.865. The molecule has 1 aliphatic heterocycles. The number of urea groups is 1.